The Morgan fingerprint density at radius 1 is 0.778 bits per heavy atom. The Kier molecular flexibility index (Phi) is 13.2. The minimum Gasteiger partial charge on any atom is -0.463 e. The molecule has 1 heterocycles. The van der Waals surface area contributed by atoms with Gasteiger partial charge in [0.1, 0.15) is 32.0 Å². The normalized spacial score (nSPS) is 21.1. The van der Waals surface area contributed by atoms with E-state index in [4.69, 9.17) is 33.2 Å². The number of amides is 1. The Labute approximate surface area is 310 Å². The lowest BCUT2D eigenvalue weighted by atomic mass is 9.96. The number of benzene rings is 3. The van der Waals surface area contributed by atoms with Crippen LogP contribution in [-0.2, 0) is 58.9 Å². The third-order valence-electron chi connectivity index (χ3n) is 8.77. The van der Waals surface area contributed by atoms with Crippen molar-refractivity contribution in [2.24, 2.45) is 5.11 Å². The molecule has 284 valence electrons. The molecule has 0 radical (unpaired) electrons. The van der Waals surface area contributed by atoms with Gasteiger partial charge < -0.3 is 38.5 Å². The first-order valence-electron chi connectivity index (χ1n) is 17.1. The van der Waals surface area contributed by atoms with Gasteiger partial charge in [0.2, 0.25) is 0 Å². The highest BCUT2D eigenvalue weighted by Crippen LogP contribution is 2.44. The summed E-state index contributed by atoms with van der Waals surface area (Å²) >= 11 is 0. The van der Waals surface area contributed by atoms with Gasteiger partial charge in [-0.05, 0) is 40.3 Å². The Bertz CT molecular complexity index is 1840. The summed E-state index contributed by atoms with van der Waals surface area (Å²) in [6.07, 6.45) is -8.00. The highest BCUT2D eigenvalue weighted by molar-refractivity contribution is 5.82. The zero-order chi connectivity index (χ0) is 38.8. The number of hydrogen-bond donors (Lipinski definition) is 1. The maximum absolute atomic E-state index is 13.7. The van der Waals surface area contributed by atoms with Gasteiger partial charge in [-0.2, -0.15) is 0 Å². The molecule has 1 fully saturated rings. The standard InChI is InChI=1S/C38H40N4O12/c1-21(51-37-33(41-42-39)35(53-24(4)45)34(52-23(3)44)31(54-37)20-48-22(2)43)32(36(46)49-18-25-12-6-5-7-13-25)40-38(47)50-19-30-28-16-10-8-14-26(28)27-15-9-11-17-29(27)30/h5-17,21,30-35,37H,18-20H2,1-4H3,(H,40,47)/t21-,31-,32-,33-,34+,35-,37+/m1/s1. The molecule has 3 aromatic rings. The van der Waals surface area contributed by atoms with E-state index in [-0.39, 0.29) is 19.1 Å². The summed E-state index contributed by atoms with van der Waals surface area (Å²) in [5, 5.41) is 6.26. The van der Waals surface area contributed by atoms with E-state index in [2.05, 4.69) is 15.3 Å². The first-order chi connectivity index (χ1) is 26.0. The van der Waals surface area contributed by atoms with Gasteiger partial charge in [-0.1, -0.05) is 84.0 Å². The van der Waals surface area contributed by atoms with Crippen molar-refractivity contribution in [1.82, 2.24) is 5.32 Å². The van der Waals surface area contributed by atoms with Gasteiger partial charge in [0.15, 0.2) is 24.5 Å². The monoisotopic (exact) mass is 744 g/mol. The second-order valence-electron chi connectivity index (χ2n) is 12.6. The van der Waals surface area contributed by atoms with Crippen LogP contribution in [0.25, 0.3) is 21.6 Å². The number of fused-ring (bicyclic) bond motifs is 3. The molecule has 5 rings (SSSR count). The number of rotatable bonds is 14. The second kappa shape index (κ2) is 18.2. The lowest BCUT2D eigenvalue weighted by molar-refractivity contribution is -0.284. The quantitative estimate of drug-likeness (QED) is 0.0770. The minimum absolute atomic E-state index is 0.0506. The van der Waals surface area contributed by atoms with Crippen LogP contribution in [0.3, 0.4) is 0 Å². The Balaban J connectivity index is 1.38. The minimum atomic E-state index is -1.60. The van der Waals surface area contributed by atoms with Crippen LogP contribution in [0.4, 0.5) is 4.79 Å². The van der Waals surface area contributed by atoms with Crippen molar-refractivity contribution in [3.05, 3.63) is 106 Å². The van der Waals surface area contributed by atoms with Crippen molar-refractivity contribution >= 4 is 30.0 Å². The van der Waals surface area contributed by atoms with Gasteiger partial charge in [-0.25, -0.2) is 9.59 Å². The molecule has 3 aromatic carbocycles. The average molecular weight is 745 g/mol. The van der Waals surface area contributed by atoms with E-state index in [0.717, 1.165) is 43.0 Å². The van der Waals surface area contributed by atoms with Crippen LogP contribution in [0.2, 0.25) is 0 Å². The topological polar surface area (TPSA) is 211 Å². The fraction of sp³-hybridized carbons (Fsp3) is 0.395. The fourth-order valence-corrected chi connectivity index (χ4v) is 6.42. The molecule has 16 nitrogen and oxygen atoms in total. The molecule has 7 atom stereocenters. The molecule has 1 aliphatic carbocycles. The van der Waals surface area contributed by atoms with Crippen molar-refractivity contribution in [1.29, 1.82) is 0 Å². The Hall–Kier alpha value is -5.96. The van der Waals surface area contributed by atoms with Crippen molar-refractivity contribution in [3.8, 4) is 11.1 Å². The Morgan fingerprint density at radius 2 is 1.37 bits per heavy atom. The van der Waals surface area contributed by atoms with E-state index in [1.165, 1.54) is 6.92 Å². The van der Waals surface area contributed by atoms with Crippen LogP contribution in [0.1, 0.15) is 50.3 Å². The summed E-state index contributed by atoms with van der Waals surface area (Å²) in [6, 6.07) is 21.4. The average Bonchev–Trinajstić information content (AvgIpc) is 3.47. The van der Waals surface area contributed by atoms with Crippen molar-refractivity contribution < 1.29 is 57.1 Å². The number of hydrogen-bond acceptors (Lipinski definition) is 13. The zero-order valence-electron chi connectivity index (χ0n) is 30.0. The molecule has 16 heteroatoms. The SMILES string of the molecule is CC(=O)OC[C@H]1O[C@H](O[C@H](C)[C@@H](NC(=O)OCC2c3ccccc3-c3ccccc32)C(=O)OCc2ccccc2)[C@H](N=[N+]=[N-])[C@@H](OC(C)=O)[C@H]1OC(C)=O. The number of azide groups is 1. The van der Waals surface area contributed by atoms with Crippen LogP contribution < -0.4 is 5.32 Å². The van der Waals surface area contributed by atoms with E-state index in [1.54, 1.807) is 30.3 Å². The molecule has 0 spiro atoms. The van der Waals surface area contributed by atoms with Crippen molar-refractivity contribution in [2.75, 3.05) is 13.2 Å². The zero-order valence-corrected chi connectivity index (χ0v) is 30.0. The van der Waals surface area contributed by atoms with Gasteiger partial charge >= 0.3 is 30.0 Å². The van der Waals surface area contributed by atoms with E-state index < -0.39 is 79.4 Å². The third-order valence-corrected chi connectivity index (χ3v) is 8.77. The molecule has 2 aliphatic rings. The van der Waals surface area contributed by atoms with Gasteiger partial charge in [-0.15, -0.1) is 0 Å². The van der Waals surface area contributed by atoms with Gasteiger partial charge in [0, 0.05) is 31.6 Å². The van der Waals surface area contributed by atoms with Gasteiger partial charge in [-0.3, -0.25) is 14.4 Å². The molecule has 1 amide bonds. The predicted molar refractivity (Wildman–Crippen MR) is 188 cm³/mol. The molecule has 1 aliphatic heterocycles. The summed E-state index contributed by atoms with van der Waals surface area (Å²) < 4.78 is 39.4. The third kappa shape index (κ3) is 9.72. The van der Waals surface area contributed by atoms with Crippen LogP contribution in [0.5, 0.6) is 0 Å². The largest absolute Gasteiger partial charge is 0.463 e. The van der Waals surface area contributed by atoms with Crippen molar-refractivity contribution in [2.45, 2.75) is 83.0 Å². The maximum Gasteiger partial charge on any atom is 0.407 e. The summed E-state index contributed by atoms with van der Waals surface area (Å²) in [5.74, 6) is -3.48. The number of alkyl carbamates (subject to hydrolysis) is 1. The number of ether oxygens (including phenoxy) is 7. The van der Waals surface area contributed by atoms with Crippen LogP contribution >= 0.6 is 0 Å². The van der Waals surface area contributed by atoms with E-state index in [1.807, 2.05) is 48.5 Å². The molecule has 0 aromatic heterocycles. The first kappa shape index (κ1) is 39.3. The second-order valence-corrected chi connectivity index (χ2v) is 12.6. The fourth-order valence-electron chi connectivity index (χ4n) is 6.42. The van der Waals surface area contributed by atoms with Gasteiger partial charge in [0.25, 0.3) is 0 Å². The molecule has 0 unspecified atom stereocenters. The van der Waals surface area contributed by atoms with Crippen LogP contribution in [-0.4, -0.2) is 86.0 Å². The summed E-state index contributed by atoms with van der Waals surface area (Å²) in [6.45, 7) is 4.08. The van der Waals surface area contributed by atoms with Crippen LogP contribution in [0.15, 0.2) is 84.0 Å². The molecule has 54 heavy (non-hydrogen) atoms. The maximum atomic E-state index is 13.7. The summed E-state index contributed by atoms with van der Waals surface area (Å²) in [5.41, 5.74) is 14.2. The smallest absolute Gasteiger partial charge is 0.407 e. The van der Waals surface area contributed by atoms with Crippen molar-refractivity contribution in [3.63, 3.8) is 0 Å². The highest BCUT2D eigenvalue weighted by atomic mass is 16.7. The van der Waals surface area contributed by atoms with E-state index in [9.17, 15) is 29.5 Å². The lowest BCUT2D eigenvalue weighted by Gasteiger charge is -2.44. The van der Waals surface area contributed by atoms with Crippen LogP contribution in [0, 0.1) is 0 Å². The molecule has 0 bridgehead atoms. The Morgan fingerprint density at radius 3 is 1.96 bits per heavy atom. The van der Waals surface area contributed by atoms with Gasteiger partial charge in [0.05, 0.1) is 6.10 Å². The molecule has 1 saturated heterocycles. The summed E-state index contributed by atoms with van der Waals surface area (Å²) in [4.78, 5) is 66.0. The summed E-state index contributed by atoms with van der Waals surface area (Å²) in [7, 11) is 0. The predicted octanol–water partition coefficient (Wildman–Crippen LogP) is 4.87. The number of carbonyl (C=O) groups excluding carboxylic acids is 5. The number of carbonyl (C=O) groups is 5. The molecule has 1 N–H and O–H groups in total. The van der Waals surface area contributed by atoms with E-state index in [0.29, 0.717) is 5.56 Å². The lowest BCUT2D eigenvalue weighted by Crippen LogP contribution is -2.62. The highest BCUT2D eigenvalue weighted by Gasteiger charge is 2.51. The number of nitrogens with one attached hydrogen (secondary N) is 1. The molecular formula is C38H40N4O12. The molecular weight excluding hydrogens is 704 g/mol. The number of nitrogens with zero attached hydrogens (tertiary/aromatic N) is 3. The first-order valence-corrected chi connectivity index (χ1v) is 17.1. The molecule has 0 saturated carbocycles. The van der Waals surface area contributed by atoms with E-state index >= 15 is 0 Å². The number of esters is 4.